The molecule has 6 heteroatoms. The molecule has 13 unspecified atom stereocenters. The van der Waals surface area contributed by atoms with Gasteiger partial charge in [-0.15, -0.1) is 0 Å². The second-order valence-corrected chi connectivity index (χ2v) is 67.8. The number of hydrogen-bond donors (Lipinski definition) is 0. The van der Waals surface area contributed by atoms with Crippen molar-refractivity contribution >= 4 is 41.4 Å². The molecule has 0 N–H and O–H groups in total. The lowest BCUT2D eigenvalue weighted by molar-refractivity contribution is 0.120. The summed E-state index contributed by atoms with van der Waals surface area (Å²) in [5, 5.41) is 0. The standard InChI is InChI=1S/C44H59NSi.C40H59NSi.C39H57NSi/c1-41(2,3)32-22-19-29(20-23-32)31-21-24-33-36-26-37-35(27-39(36)44(10,11)38(33)25-31)34(30-17-15-14-16-18-30)28-40(37)46(12,13)45(42(4,5)6)43(7,8)9;1-25-26(2)36(42(14,15)41(38(6,7)8)39(9,10)11)33-23-32-30-21-18-28(27-16-19-29(20-17-27)37(3,4)5)22-34(30)40(12,13)35(32)24-31(25)33;1-25-21-28-23-34-32(24-31(28)35(25)41(13,14)40(37(5,6)7)38(8,9)10)30-20-17-27(22-33(30)39(34,11)12)26-15-18-29(19-16-26)36(2,3)4/h14-27,34-35,37,40H,28H2,1-13H3;16-26,31,33,36H,1-15H3;15-20,22-25,28,31,35H,21H2,1-14H3. The van der Waals surface area contributed by atoms with Gasteiger partial charge in [0.2, 0.25) is 0 Å². The quantitative estimate of drug-likeness (QED) is 0.126. The molecule has 0 aliphatic heterocycles. The number of allylic oxidation sites excluding steroid dienone is 12. The fraction of sp³-hybridized carbons (Fsp3) is 0.561. The Kier molecular flexibility index (Phi) is 25.1. The highest BCUT2D eigenvalue weighted by atomic mass is 28.3. The molecule has 0 heterocycles. The van der Waals surface area contributed by atoms with E-state index in [0.717, 1.165) is 11.5 Å². The molecular weight excluding hydrogens is 1600 g/mol. The molecule has 0 spiro atoms. The van der Waals surface area contributed by atoms with Crippen molar-refractivity contribution in [1.29, 1.82) is 0 Å². The Morgan fingerprint density at radius 2 is 0.589 bits per heavy atom. The van der Waals surface area contributed by atoms with Gasteiger partial charge in [-0.2, -0.15) is 0 Å². The van der Waals surface area contributed by atoms with Gasteiger partial charge >= 0.3 is 0 Å². The third-order valence-corrected chi connectivity index (χ3v) is 48.7. The normalized spacial score (nSPS) is 25.8. The van der Waals surface area contributed by atoms with Crippen LogP contribution in [0, 0.1) is 53.3 Å². The van der Waals surface area contributed by atoms with Crippen molar-refractivity contribution < 1.29 is 0 Å². The maximum absolute atomic E-state index is 2.96. The number of benzene rings is 7. The lowest BCUT2D eigenvalue weighted by Gasteiger charge is -2.57. The van der Waals surface area contributed by atoms with Crippen LogP contribution < -0.4 is 0 Å². The number of rotatable bonds is 10. The van der Waals surface area contributed by atoms with Gasteiger partial charge in [-0.1, -0.05) is 340 Å². The van der Waals surface area contributed by atoms with Crippen molar-refractivity contribution in [3.05, 3.63) is 267 Å². The summed E-state index contributed by atoms with van der Waals surface area (Å²) in [5.74, 6) is 6.27. The predicted octanol–water partition coefficient (Wildman–Crippen LogP) is 34.4. The molecule has 3 nitrogen and oxygen atoms in total. The first kappa shape index (κ1) is 98.5. The number of nitrogens with zero attached hydrogens (tertiary/aromatic N) is 3. The number of fused-ring (bicyclic) bond motifs is 12. The van der Waals surface area contributed by atoms with E-state index in [2.05, 4.69) is 496 Å². The molecule has 16 rings (SSSR count). The second kappa shape index (κ2) is 32.9. The van der Waals surface area contributed by atoms with Crippen LogP contribution in [0.4, 0.5) is 0 Å². The third-order valence-electron chi connectivity index (χ3n) is 33.7. The van der Waals surface area contributed by atoms with Crippen molar-refractivity contribution in [3.63, 3.8) is 0 Å². The van der Waals surface area contributed by atoms with Crippen molar-refractivity contribution in [2.75, 3.05) is 0 Å². The van der Waals surface area contributed by atoms with Gasteiger partial charge in [-0.3, -0.25) is 0 Å². The summed E-state index contributed by atoms with van der Waals surface area (Å²) in [7, 11) is -5.63. The molecule has 0 aromatic heterocycles. The largest absolute Gasteiger partial charge is 0.314 e. The lowest BCUT2D eigenvalue weighted by Crippen LogP contribution is -2.67. The zero-order valence-electron chi connectivity index (χ0n) is 89.2. The van der Waals surface area contributed by atoms with E-state index in [0.29, 0.717) is 64.3 Å². The molecule has 3 fully saturated rings. The van der Waals surface area contributed by atoms with Crippen LogP contribution in [0.3, 0.4) is 0 Å². The SMILES string of the molecule is CC(C)(C)c1ccc(-c2ccc3c(c2)C(C)(C)C2=CC4C(c5ccccc5)CC([Si](C)(C)N(C(C)(C)C)C(C)(C)C)C4C=C23)cc1.CC1C(C)C([Si](C)(C)N(C(C)(C)C)C(C)(C)C)C2C=C3C(=CC12)C(C)(C)c1cc(-c2ccc(C(C)(C)C)cc2)ccc13.CC1CC2C=C3C(=CC2C1[Si](C)(C)N(C(C)(C)C)C(C)(C)C)c1ccc(-c2ccc(C(C)(C)C)cc2)cc1C3(C)C. The second-order valence-electron chi connectivity index (χ2n) is 54.5. The van der Waals surface area contributed by atoms with Gasteiger partial charge in [0.05, 0.1) is 0 Å². The Hall–Kier alpha value is -6.49. The Balaban J connectivity index is 0.000000157. The van der Waals surface area contributed by atoms with Crippen LogP contribution in [0.25, 0.3) is 50.1 Å². The smallest absolute Gasteiger partial charge is 0.127 e. The van der Waals surface area contributed by atoms with E-state index in [9.17, 15) is 0 Å². The van der Waals surface area contributed by atoms with E-state index < -0.39 is 24.7 Å². The zero-order chi connectivity index (χ0) is 95.5. The van der Waals surface area contributed by atoms with Crippen LogP contribution in [0.15, 0.2) is 211 Å². The van der Waals surface area contributed by atoms with E-state index in [1.807, 2.05) is 0 Å². The van der Waals surface area contributed by atoms with E-state index in [1.54, 1.807) is 16.7 Å². The van der Waals surface area contributed by atoms with Gasteiger partial charge in [0.25, 0.3) is 0 Å². The maximum atomic E-state index is 2.96. The van der Waals surface area contributed by atoms with Crippen LogP contribution in [0.2, 0.25) is 55.9 Å². The van der Waals surface area contributed by atoms with E-state index >= 15 is 0 Å². The van der Waals surface area contributed by atoms with Crippen LogP contribution in [0.5, 0.6) is 0 Å². The first-order chi connectivity index (χ1) is 58.9. The first-order valence-corrected chi connectivity index (χ1v) is 59.6. The molecule has 0 bridgehead atoms. The fourth-order valence-corrected chi connectivity index (χ4v) is 49.7. The van der Waals surface area contributed by atoms with Crippen molar-refractivity contribution in [1.82, 2.24) is 13.7 Å². The average Bonchev–Trinajstić information content (AvgIpc) is 1.58. The van der Waals surface area contributed by atoms with Crippen LogP contribution in [-0.2, 0) is 32.5 Å². The average molecular weight is 1780 g/mol. The summed E-state index contributed by atoms with van der Waals surface area (Å²) >= 11 is 0. The Morgan fingerprint density at radius 1 is 0.287 bits per heavy atom. The Bertz CT molecular complexity index is 5510. The summed E-state index contributed by atoms with van der Waals surface area (Å²) in [5.41, 5.74) is 35.2. The molecule has 9 aliphatic carbocycles. The highest BCUT2D eigenvalue weighted by Crippen LogP contribution is 2.68. The highest BCUT2D eigenvalue weighted by Gasteiger charge is 2.62. The highest BCUT2D eigenvalue weighted by molar-refractivity contribution is 6.77. The van der Waals surface area contributed by atoms with Gasteiger partial charge in [-0.05, 0) is 370 Å². The summed E-state index contributed by atoms with van der Waals surface area (Å²) in [6, 6.07) is 61.2. The predicted molar refractivity (Wildman–Crippen MR) is 574 cm³/mol. The number of hydrogen-bond acceptors (Lipinski definition) is 3. The Morgan fingerprint density at radius 3 is 0.930 bits per heavy atom. The molecule has 9 aliphatic rings. The topological polar surface area (TPSA) is 9.72 Å². The van der Waals surface area contributed by atoms with Gasteiger partial charge in [0.1, 0.15) is 24.7 Å². The zero-order valence-corrected chi connectivity index (χ0v) is 92.2. The molecule has 129 heavy (non-hydrogen) atoms. The van der Waals surface area contributed by atoms with Crippen LogP contribution >= 0.6 is 0 Å². The molecule has 694 valence electrons. The minimum atomic E-state index is -1.94. The fourth-order valence-electron chi connectivity index (χ4n) is 30.6. The maximum Gasteiger partial charge on any atom is 0.127 e. The van der Waals surface area contributed by atoms with E-state index in [-0.39, 0.29) is 65.7 Å². The minimum absolute atomic E-state index is 0.0182. The molecule has 7 aromatic rings. The van der Waals surface area contributed by atoms with Crippen LogP contribution in [-0.4, -0.2) is 71.6 Å². The molecule has 0 saturated heterocycles. The van der Waals surface area contributed by atoms with Gasteiger partial charge < -0.3 is 13.7 Å². The summed E-state index contributed by atoms with van der Waals surface area (Å²) in [6.45, 7) is 103. The summed E-state index contributed by atoms with van der Waals surface area (Å²) in [6.07, 6.45) is 19.1. The molecular formula is C123H175N3Si3. The van der Waals surface area contributed by atoms with Gasteiger partial charge in [-0.25, -0.2) is 0 Å². The molecule has 0 radical (unpaired) electrons. The summed E-state index contributed by atoms with van der Waals surface area (Å²) < 4.78 is 8.88. The first-order valence-electron chi connectivity index (χ1n) is 50.5. The Labute approximate surface area is 792 Å². The van der Waals surface area contributed by atoms with Gasteiger partial charge in [0.15, 0.2) is 0 Å². The van der Waals surface area contributed by atoms with E-state index in [4.69, 9.17) is 0 Å². The van der Waals surface area contributed by atoms with Crippen molar-refractivity contribution in [3.8, 4) is 33.4 Å². The minimum Gasteiger partial charge on any atom is -0.314 e. The van der Waals surface area contributed by atoms with Gasteiger partial charge in [0, 0.05) is 49.5 Å². The summed E-state index contributed by atoms with van der Waals surface area (Å²) in [4.78, 5) is 0. The van der Waals surface area contributed by atoms with Crippen LogP contribution in [0.1, 0.15) is 324 Å². The molecule has 7 aromatic carbocycles. The van der Waals surface area contributed by atoms with Crippen molar-refractivity contribution in [2.45, 2.75) is 390 Å². The lowest BCUT2D eigenvalue weighted by atomic mass is 9.73. The monoisotopic (exact) mass is 1780 g/mol. The third kappa shape index (κ3) is 17.8. The molecule has 13 atom stereocenters. The van der Waals surface area contributed by atoms with E-state index in [1.165, 1.54) is 119 Å². The molecule has 3 saturated carbocycles. The van der Waals surface area contributed by atoms with Crippen molar-refractivity contribution in [2.24, 2.45) is 53.3 Å². The molecule has 0 amide bonds.